The van der Waals surface area contributed by atoms with Crippen LogP contribution in [-0.2, 0) is 26.2 Å². The Hall–Kier alpha value is -5.13. The van der Waals surface area contributed by atoms with Gasteiger partial charge in [-0.3, -0.25) is 28.8 Å². The minimum Gasteiger partial charge on any atom is -0.505 e. The maximum absolute atomic E-state index is 15.1. The number of anilines is 2. The lowest BCUT2D eigenvalue weighted by atomic mass is 9.51. The number of aryl methyl sites for hydroxylation is 2. The number of carbonyl (C=O) groups excluding carboxylic acids is 4. The fraction of sp³-hybridized carbons (Fsp3) is 0.275. The summed E-state index contributed by atoms with van der Waals surface area (Å²) in [7, 11) is 1.67. The van der Waals surface area contributed by atoms with Gasteiger partial charge < -0.3 is 5.11 Å². The number of benzene rings is 3. The van der Waals surface area contributed by atoms with Crippen molar-refractivity contribution in [1.29, 1.82) is 0 Å². The number of aromatic hydroxyl groups is 1. The van der Waals surface area contributed by atoms with Crippen molar-refractivity contribution in [2.24, 2.45) is 36.1 Å². The molecule has 5 aromatic rings. The molecular formula is C40H32ClFN4O5S. The van der Waals surface area contributed by atoms with Gasteiger partial charge in [-0.15, -0.1) is 11.3 Å². The summed E-state index contributed by atoms with van der Waals surface area (Å²) < 4.78 is 17.6. The van der Waals surface area contributed by atoms with Crippen molar-refractivity contribution >= 4 is 68.2 Å². The molecule has 0 spiro atoms. The highest BCUT2D eigenvalue weighted by molar-refractivity contribution is 7.22. The molecule has 3 aromatic carbocycles. The van der Waals surface area contributed by atoms with Crippen molar-refractivity contribution < 1.29 is 28.7 Å². The van der Waals surface area contributed by atoms with Crippen LogP contribution in [0.1, 0.15) is 36.8 Å². The topological polar surface area (TPSA) is 113 Å². The summed E-state index contributed by atoms with van der Waals surface area (Å²) in [6.45, 7) is 3.68. The van der Waals surface area contributed by atoms with Crippen molar-refractivity contribution in [3.63, 3.8) is 0 Å². The molecule has 6 atom stereocenters. The maximum Gasteiger partial charge on any atom is 0.242 e. The minimum absolute atomic E-state index is 0.125. The summed E-state index contributed by atoms with van der Waals surface area (Å²) in [6.07, 6.45) is 2.23. The van der Waals surface area contributed by atoms with Crippen LogP contribution >= 0.6 is 22.9 Å². The van der Waals surface area contributed by atoms with Gasteiger partial charge in [-0.25, -0.2) is 9.29 Å². The summed E-state index contributed by atoms with van der Waals surface area (Å²) in [5, 5.41) is 17.5. The molecule has 9 nitrogen and oxygen atoms in total. The van der Waals surface area contributed by atoms with E-state index < -0.39 is 58.4 Å². The number of para-hydroxylation sites is 2. The third-order valence-corrected chi connectivity index (χ3v) is 13.4. The molecule has 0 radical (unpaired) electrons. The molecule has 4 amide bonds. The molecule has 6 unspecified atom stereocenters. The SMILES string of the molecule is Cc1c(-c2cc(N3C(=O)C4CC5C(=CCC6C(=O)N(c7ccccc7)C(=O)C65)C(c5cccc(F)c5O)C4(C)C3=O)n(C)n2)sc2ccc(Cl)cc12. The van der Waals surface area contributed by atoms with Gasteiger partial charge in [0.25, 0.3) is 0 Å². The van der Waals surface area contributed by atoms with Gasteiger partial charge in [-0.2, -0.15) is 5.10 Å². The molecule has 2 aliphatic carbocycles. The number of phenolic OH excluding ortho intramolecular Hbond substituents is 1. The van der Waals surface area contributed by atoms with Crippen LogP contribution in [0, 0.1) is 41.8 Å². The summed E-state index contributed by atoms with van der Waals surface area (Å²) >= 11 is 7.83. The normalized spacial score (nSPS) is 26.9. The molecule has 52 heavy (non-hydrogen) atoms. The molecule has 2 saturated heterocycles. The Kier molecular flexibility index (Phi) is 7.20. The molecule has 4 heterocycles. The number of thiophene rings is 1. The van der Waals surface area contributed by atoms with Crippen LogP contribution in [0.2, 0.25) is 5.02 Å². The smallest absolute Gasteiger partial charge is 0.242 e. The van der Waals surface area contributed by atoms with Crippen LogP contribution in [0.15, 0.2) is 84.4 Å². The zero-order valence-electron chi connectivity index (χ0n) is 28.3. The number of carbonyl (C=O) groups is 4. The third-order valence-electron chi connectivity index (χ3n) is 11.8. The average molecular weight is 735 g/mol. The largest absolute Gasteiger partial charge is 0.505 e. The number of nitrogens with zero attached hydrogens (tertiary/aromatic N) is 4. The van der Waals surface area contributed by atoms with Crippen molar-refractivity contribution in [3.8, 4) is 16.3 Å². The van der Waals surface area contributed by atoms with Gasteiger partial charge in [0.1, 0.15) is 11.5 Å². The van der Waals surface area contributed by atoms with E-state index in [2.05, 4.69) is 0 Å². The first kappa shape index (κ1) is 32.8. The third kappa shape index (κ3) is 4.35. The molecule has 4 aliphatic rings. The number of aromatic nitrogens is 2. The van der Waals surface area contributed by atoms with E-state index >= 15 is 4.39 Å². The van der Waals surface area contributed by atoms with Gasteiger partial charge in [0, 0.05) is 34.3 Å². The number of phenols is 1. The van der Waals surface area contributed by atoms with Crippen LogP contribution in [0.25, 0.3) is 20.7 Å². The second kappa shape index (κ2) is 11.4. The molecule has 9 rings (SSSR count). The van der Waals surface area contributed by atoms with Crippen LogP contribution in [0.4, 0.5) is 15.9 Å². The van der Waals surface area contributed by atoms with Crippen molar-refractivity contribution in [2.45, 2.75) is 32.6 Å². The van der Waals surface area contributed by atoms with E-state index in [9.17, 15) is 24.3 Å². The lowest BCUT2D eigenvalue weighted by molar-refractivity contribution is -0.131. The fourth-order valence-electron chi connectivity index (χ4n) is 9.39. The first-order valence-corrected chi connectivity index (χ1v) is 18.3. The van der Waals surface area contributed by atoms with E-state index in [0.29, 0.717) is 22.0 Å². The molecule has 1 saturated carbocycles. The Bertz CT molecular complexity index is 2440. The highest BCUT2D eigenvalue weighted by atomic mass is 35.5. The summed E-state index contributed by atoms with van der Waals surface area (Å²) in [6, 6.07) is 20.3. The van der Waals surface area contributed by atoms with E-state index in [1.165, 1.54) is 27.0 Å². The minimum atomic E-state index is -1.46. The highest BCUT2D eigenvalue weighted by Gasteiger charge is 2.68. The van der Waals surface area contributed by atoms with Crippen LogP contribution in [-0.4, -0.2) is 38.5 Å². The Morgan fingerprint density at radius 3 is 2.48 bits per heavy atom. The van der Waals surface area contributed by atoms with Gasteiger partial charge in [-0.05, 0) is 80.0 Å². The molecule has 262 valence electrons. The summed E-state index contributed by atoms with van der Waals surface area (Å²) in [5.41, 5.74) is 1.38. The number of fused-ring (bicyclic) bond motifs is 5. The summed E-state index contributed by atoms with van der Waals surface area (Å²) in [5.74, 6) is -6.82. The molecular weight excluding hydrogens is 703 g/mol. The van der Waals surface area contributed by atoms with Crippen molar-refractivity contribution in [2.75, 3.05) is 9.80 Å². The van der Waals surface area contributed by atoms with Crippen LogP contribution < -0.4 is 9.80 Å². The second-order valence-corrected chi connectivity index (χ2v) is 15.9. The lowest BCUT2D eigenvalue weighted by Gasteiger charge is -2.49. The van der Waals surface area contributed by atoms with Gasteiger partial charge in [-0.1, -0.05) is 53.6 Å². The van der Waals surface area contributed by atoms with Gasteiger partial charge in [0.05, 0.1) is 33.7 Å². The molecule has 2 aromatic heterocycles. The predicted octanol–water partition coefficient (Wildman–Crippen LogP) is 7.54. The highest BCUT2D eigenvalue weighted by Crippen LogP contribution is 2.64. The van der Waals surface area contributed by atoms with E-state index in [1.807, 2.05) is 31.2 Å². The van der Waals surface area contributed by atoms with E-state index in [4.69, 9.17) is 16.7 Å². The quantitative estimate of drug-likeness (QED) is 0.151. The first-order valence-electron chi connectivity index (χ1n) is 17.1. The molecule has 0 bridgehead atoms. The standard InChI is InChI=1S/C40H32ClFN4O5S/c1-19-25-16-20(41)12-15-30(25)52-35(19)29-18-31(44(3)43-29)46-37(49)27-17-26-22(33(40(27,2)39(46)51)24-10-7-11-28(42)34(24)47)13-14-23-32(26)38(50)45(36(23)48)21-8-5-4-6-9-21/h4-13,15-16,18,23,26-27,32-33,47H,14,17H2,1-3H3. The van der Waals surface area contributed by atoms with Crippen molar-refractivity contribution in [3.05, 3.63) is 106 Å². The number of hydrogen-bond donors (Lipinski definition) is 1. The van der Waals surface area contributed by atoms with E-state index in [0.717, 1.165) is 31.5 Å². The van der Waals surface area contributed by atoms with Crippen LogP contribution in [0.5, 0.6) is 5.75 Å². The number of hydrogen-bond acceptors (Lipinski definition) is 7. The number of amides is 4. The van der Waals surface area contributed by atoms with Gasteiger partial charge in [0.2, 0.25) is 23.6 Å². The van der Waals surface area contributed by atoms with Gasteiger partial charge in [0.15, 0.2) is 11.6 Å². The van der Waals surface area contributed by atoms with Crippen molar-refractivity contribution in [1.82, 2.24) is 9.78 Å². The molecule has 1 N–H and O–H groups in total. The number of rotatable bonds is 4. The predicted molar refractivity (Wildman–Crippen MR) is 195 cm³/mol. The summed E-state index contributed by atoms with van der Waals surface area (Å²) in [4.78, 5) is 61.1. The monoisotopic (exact) mass is 734 g/mol. The Balaban J connectivity index is 1.17. The molecule has 12 heteroatoms. The number of imide groups is 2. The molecule has 3 fully saturated rings. The Labute approximate surface area is 306 Å². The second-order valence-electron chi connectivity index (χ2n) is 14.4. The maximum atomic E-state index is 15.1. The zero-order chi connectivity index (χ0) is 36.4. The Morgan fingerprint density at radius 2 is 1.71 bits per heavy atom. The fourth-order valence-corrected chi connectivity index (χ4v) is 10.7. The number of allylic oxidation sites excluding steroid dienone is 2. The van der Waals surface area contributed by atoms with Crippen LogP contribution in [0.3, 0.4) is 0 Å². The van der Waals surface area contributed by atoms with E-state index in [1.54, 1.807) is 56.4 Å². The lowest BCUT2D eigenvalue weighted by Crippen LogP contribution is -2.49. The number of halogens is 2. The average Bonchev–Trinajstić information content (AvgIpc) is 3.80. The zero-order valence-corrected chi connectivity index (χ0v) is 29.9. The van der Waals surface area contributed by atoms with Gasteiger partial charge >= 0.3 is 0 Å². The van der Waals surface area contributed by atoms with E-state index in [-0.39, 0.29) is 36.0 Å². The molecule has 2 aliphatic heterocycles. The Morgan fingerprint density at radius 1 is 0.942 bits per heavy atom. The first-order chi connectivity index (χ1) is 24.9.